The lowest BCUT2D eigenvalue weighted by Crippen LogP contribution is -2.35. The van der Waals surface area contributed by atoms with Gasteiger partial charge in [0.2, 0.25) is 0 Å². The third kappa shape index (κ3) is 1.82. The Balaban J connectivity index is 2.27. The van der Waals surface area contributed by atoms with Crippen LogP contribution in [0.3, 0.4) is 0 Å². The number of nitrogens with zero attached hydrogens (tertiary/aromatic N) is 2. The maximum atomic E-state index is 6.39. The highest BCUT2D eigenvalue weighted by Crippen LogP contribution is 2.41. The van der Waals surface area contributed by atoms with Gasteiger partial charge in [-0.3, -0.25) is 0 Å². The number of hydrogen-bond acceptors (Lipinski definition) is 2. The van der Waals surface area contributed by atoms with Crippen molar-refractivity contribution < 1.29 is 0 Å². The Morgan fingerprint density at radius 1 is 1.50 bits per heavy atom. The maximum Gasteiger partial charge on any atom is 0.130 e. The van der Waals surface area contributed by atoms with Crippen molar-refractivity contribution >= 4 is 22.6 Å². The molecule has 0 spiro atoms. The van der Waals surface area contributed by atoms with Crippen LogP contribution in [0.2, 0.25) is 5.02 Å². The second kappa shape index (κ2) is 3.97. The minimum Gasteiger partial charge on any atom is -0.323 e. The zero-order chi connectivity index (χ0) is 12.9. The summed E-state index contributed by atoms with van der Waals surface area (Å²) in [5.41, 5.74) is 8.12. The van der Waals surface area contributed by atoms with Crippen molar-refractivity contribution in [3.05, 3.63) is 29.0 Å². The first-order valence-electron chi connectivity index (χ1n) is 6.50. The summed E-state index contributed by atoms with van der Waals surface area (Å²) in [5, 5.41) is 0.727. The number of aromatic nitrogens is 2. The van der Waals surface area contributed by atoms with Gasteiger partial charge in [-0.25, -0.2) is 4.98 Å². The van der Waals surface area contributed by atoms with Gasteiger partial charge in [0.15, 0.2) is 0 Å². The van der Waals surface area contributed by atoms with Gasteiger partial charge in [-0.15, -0.1) is 0 Å². The largest absolute Gasteiger partial charge is 0.323 e. The Morgan fingerprint density at radius 3 is 2.83 bits per heavy atom. The first-order chi connectivity index (χ1) is 8.53. The second-order valence-corrected chi connectivity index (χ2v) is 5.88. The zero-order valence-corrected chi connectivity index (χ0v) is 11.5. The van der Waals surface area contributed by atoms with Gasteiger partial charge in [0.25, 0.3) is 0 Å². The Kier molecular flexibility index (Phi) is 2.65. The number of benzene rings is 1. The fraction of sp³-hybridized carbons (Fsp3) is 0.500. The summed E-state index contributed by atoms with van der Waals surface area (Å²) in [6, 6.07) is 6.47. The number of imidazole rings is 1. The molecule has 96 valence electrons. The summed E-state index contributed by atoms with van der Waals surface area (Å²) in [6.45, 7) is 4.15. The van der Waals surface area contributed by atoms with E-state index < -0.39 is 0 Å². The summed E-state index contributed by atoms with van der Waals surface area (Å²) >= 11 is 6.04. The number of rotatable bonds is 3. The molecular weight excluding hydrogens is 246 g/mol. The van der Waals surface area contributed by atoms with Gasteiger partial charge in [0.05, 0.1) is 16.6 Å². The smallest absolute Gasteiger partial charge is 0.130 e. The van der Waals surface area contributed by atoms with E-state index in [9.17, 15) is 0 Å². The van der Waals surface area contributed by atoms with Gasteiger partial charge < -0.3 is 10.3 Å². The molecule has 1 atom stereocenters. The van der Waals surface area contributed by atoms with Gasteiger partial charge in [-0.05, 0) is 44.4 Å². The summed E-state index contributed by atoms with van der Waals surface area (Å²) < 4.78 is 2.31. The predicted molar refractivity (Wildman–Crippen MR) is 74.8 cm³/mol. The van der Waals surface area contributed by atoms with Crippen molar-refractivity contribution in [1.29, 1.82) is 0 Å². The van der Waals surface area contributed by atoms with Crippen LogP contribution in [-0.4, -0.2) is 9.55 Å². The normalized spacial score (nSPS) is 19.1. The quantitative estimate of drug-likeness (QED) is 0.919. The van der Waals surface area contributed by atoms with Crippen molar-refractivity contribution in [3.8, 4) is 0 Å². The monoisotopic (exact) mass is 263 g/mol. The Labute approximate surface area is 112 Å². The maximum absolute atomic E-state index is 6.39. The van der Waals surface area contributed by atoms with Gasteiger partial charge in [0.1, 0.15) is 5.82 Å². The van der Waals surface area contributed by atoms with E-state index in [1.807, 2.05) is 12.1 Å². The van der Waals surface area contributed by atoms with E-state index in [4.69, 9.17) is 22.3 Å². The molecule has 0 aliphatic heterocycles. The minimum absolute atomic E-state index is 0.381. The molecular formula is C14H18ClN3. The molecule has 3 rings (SSSR count). The highest BCUT2D eigenvalue weighted by Gasteiger charge is 2.34. The fourth-order valence-corrected chi connectivity index (χ4v) is 2.50. The van der Waals surface area contributed by atoms with Crippen molar-refractivity contribution in [2.45, 2.75) is 44.7 Å². The van der Waals surface area contributed by atoms with E-state index in [2.05, 4.69) is 24.5 Å². The molecule has 1 aliphatic carbocycles. The van der Waals surface area contributed by atoms with Gasteiger partial charge in [-0.2, -0.15) is 0 Å². The number of nitrogens with two attached hydrogens (primary N) is 1. The lowest BCUT2D eigenvalue weighted by molar-refractivity contribution is 0.424. The minimum atomic E-state index is -0.381. The number of fused-ring (bicyclic) bond motifs is 1. The molecule has 3 nitrogen and oxygen atoms in total. The zero-order valence-electron chi connectivity index (χ0n) is 10.8. The Bertz CT molecular complexity index is 596. The van der Waals surface area contributed by atoms with Crippen LogP contribution in [0.1, 0.15) is 45.0 Å². The standard InChI is InChI=1S/C14H18ClN3/c1-3-14(2,16)13-17-11-8-9(15)4-7-12(11)18(13)10-5-6-10/h4,7-8,10H,3,5-6,16H2,1-2H3. The average Bonchev–Trinajstić information content (AvgIpc) is 3.09. The molecule has 1 aromatic heterocycles. The van der Waals surface area contributed by atoms with E-state index in [1.54, 1.807) is 0 Å². The lowest BCUT2D eigenvalue weighted by atomic mass is 9.99. The highest BCUT2D eigenvalue weighted by molar-refractivity contribution is 6.31. The summed E-state index contributed by atoms with van der Waals surface area (Å²) in [4.78, 5) is 4.73. The van der Waals surface area contributed by atoms with E-state index in [-0.39, 0.29) is 5.54 Å². The number of halogens is 1. The van der Waals surface area contributed by atoms with Crippen molar-refractivity contribution in [1.82, 2.24) is 9.55 Å². The third-order valence-corrected chi connectivity index (χ3v) is 4.04. The average molecular weight is 264 g/mol. The van der Waals surface area contributed by atoms with Crippen LogP contribution >= 0.6 is 11.6 Å². The van der Waals surface area contributed by atoms with Gasteiger partial charge >= 0.3 is 0 Å². The van der Waals surface area contributed by atoms with Crippen LogP contribution in [0.25, 0.3) is 11.0 Å². The van der Waals surface area contributed by atoms with Crippen molar-refractivity contribution in [2.24, 2.45) is 5.73 Å². The van der Waals surface area contributed by atoms with Gasteiger partial charge in [0, 0.05) is 11.1 Å². The Hall–Kier alpha value is -1.06. The SMILES string of the molecule is CCC(C)(N)c1nc2cc(Cl)ccc2n1C1CC1. The molecule has 1 unspecified atom stereocenters. The first kappa shape index (κ1) is 12.0. The van der Waals surface area contributed by atoms with Crippen LogP contribution < -0.4 is 5.73 Å². The van der Waals surface area contributed by atoms with E-state index in [1.165, 1.54) is 12.8 Å². The summed E-state index contributed by atoms with van der Waals surface area (Å²) in [5.74, 6) is 0.991. The molecule has 18 heavy (non-hydrogen) atoms. The number of hydrogen-bond donors (Lipinski definition) is 1. The summed E-state index contributed by atoms with van der Waals surface area (Å²) in [6.07, 6.45) is 3.32. The molecule has 1 aliphatic rings. The lowest BCUT2D eigenvalue weighted by Gasteiger charge is -2.23. The van der Waals surface area contributed by atoms with Crippen LogP contribution in [0, 0.1) is 0 Å². The molecule has 0 saturated heterocycles. The molecule has 2 N–H and O–H groups in total. The molecule has 1 aromatic carbocycles. The van der Waals surface area contributed by atoms with Crippen LogP contribution in [0.4, 0.5) is 0 Å². The van der Waals surface area contributed by atoms with E-state index >= 15 is 0 Å². The van der Waals surface area contributed by atoms with Crippen molar-refractivity contribution in [2.75, 3.05) is 0 Å². The van der Waals surface area contributed by atoms with E-state index in [0.29, 0.717) is 6.04 Å². The molecule has 0 radical (unpaired) electrons. The molecule has 1 fully saturated rings. The molecule has 4 heteroatoms. The summed E-state index contributed by atoms with van der Waals surface area (Å²) in [7, 11) is 0. The van der Waals surface area contributed by atoms with E-state index in [0.717, 1.165) is 28.3 Å². The van der Waals surface area contributed by atoms with Crippen molar-refractivity contribution in [3.63, 3.8) is 0 Å². The molecule has 1 saturated carbocycles. The van der Waals surface area contributed by atoms with Gasteiger partial charge in [-0.1, -0.05) is 18.5 Å². The molecule has 0 bridgehead atoms. The van der Waals surface area contributed by atoms with Crippen LogP contribution in [0.15, 0.2) is 18.2 Å². The molecule has 1 heterocycles. The van der Waals surface area contributed by atoms with Crippen LogP contribution in [0.5, 0.6) is 0 Å². The highest BCUT2D eigenvalue weighted by atomic mass is 35.5. The first-order valence-corrected chi connectivity index (χ1v) is 6.87. The topological polar surface area (TPSA) is 43.8 Å². The fourth-order valence-electron chi connectivity index (χ4n) is 2.34. The molecule has 2 aromatic rings. The predicted octanol–water partition coefficient (Wildman–Crippen LogP) is 3.61. The third-order valence-electron chi connectivity index (χ3n) is 3.81. The van der Waals surface area contributed by atoms with Crippen LogP contribution in [-0.2, 0) is 5.54 Å². The Morgan fingerprint density at radius 2 is 2.22 bits per heavy atom. The molecule has 0 amide bonds. The second-order valence-electron chi connectivity index (χ2n) is 5.44.